The summed E-state index contributed by atoms with van der Waals surface area (Å²) in [6.45, 7) is 0.143. The van der Waals surface area contributed by atoms with Gasteiger partial charge in [0.2, 0.25) is 12.7 Å². The third-order valence-electron chi connectivity index (χ3n) is 5.48. The van der Waals surface area contributed by atoms with Crippen molar-refractivity contribution >= 4 is 40.0 Å². The molecule has 1 aliphatic rings. The van der Waals surface area contributed by atoms with Gasteiger partial charge in [0.15, 0.2) is 11.5 Å². The first kappa shape index (κ1) is 20.9. The van der Waals surface area contributed by atoms with Crippen molar-refractivity contribution in [1.82, 2.24) is 10.3 Å². The van der Waals surface area contributed by atoms with Gasteiger partial charge in [-0.2, -0.15) is 0 Å². The van der Waals surface area contributed by atoms with Gasteiger partial charge in [-0.1, -0.05) is 41.9 Å². The van der Waals surface area contributed by atoms with Crippen LogP contribution in [0.15, 0.2) is 72.9 Å². The number of H-pyrrole nitrogens is 1. The molecular weight excluding hydrogens is 442 g/mol. The van der Waals surface area contributed by atoms with Crippen LogP contribution >= 0.6 is 11.6 Å². The van der Waals surface area contributed by atoms with Crippen LogP contribution in [0, 0.1) is 0 Å². The molecule has 3 N–H and O–H groups in total. The fourth-order valence-electron chi connectivity index (χ4n) is 3.81. The van der Waals surface area contributed by atoms with Gasteiger partial charge in [0.1, 0.15) is 6.04 Å². The molecule has 8 heteroatoms. The van der Waals surface area contributed by atoms with Crippen molar-refractivity contribution in [1.29, 1.82) is 0 Å². The van der Waals surface area contributed by atoms with E-state index in [2.05, 4.69) is 15.6 Å². The second-order valence-electron chi connectivity index (χ2n) is 7.63. The quantitative estimate of drug-likeness (QED) is 0.393. The maximum absolute atomic E-state index is 13.3. The molecule has 0 saturated heterocycles. The molecule has 0 spiro atoms. The molecule has 0 unspecified atom stereocenters. The van der Waals surface area contributed by atoms with E-state index in [1.807, 2.05) is 30.5 Å². The summed E-state index contributed by atoms with van der Waals surface area (Å²) in [6, 6.07) is 18.8. The zero-order chi connectivity index (χ0) is 22.8. The maximum Gasteiger partial charge on any atom is 0.253 e. The Balaban J connectivity index is 1.41. The SMILES string of the molecule is O=C(N[C@@H](Cc1c[nH]c2ccccc12)C(=O)Nc1ccc2c(c1)OCO2)c1ccccc1Cl. The minimum absolute atomic E-state index is 0.143. The van der Waals surface area contributed by atoms with Gasteiger partial charge in [-0.3, -0.25) is 9.59 Å². The van der Waals surface area contributed by atoms with Crippen molar-refractivity contribution in [2.75, 3.05) is 12.1 Å². The third kappa shape index (κ3) is 4.36. The van der Waals surface area contributed by atoms with Crippen LogP contribution in [0.1, 0.15) is 15.9 Å². The number of para-hydroxylation sites is 1. The highest BCUT2D eigenvalue weighted by atomic mass is 35.5. The summed E-state index contributed by atoms with van der Waals surface area (Å²) in [4.78, 5) is 29.5. The van der Waals surface area contributed by atoms with E-state index in [1.165, 1.54) is 0 Å². The van der Waals surface area contributed by atoms with Gasteiger partial charge in [0, 0.05) is 35.3 Å². The lowest BCUT2D eigenvalue weighted by atomic mass is 10.0. The zero-order valence-corrected chi connectivity index (χ0v) is 18.2. The normalized spacial score (nSPS) is 13.0. The van der Waals surface area contributed by atoms with E-state index in [0.717, 1.165) is 16.5 Å². The fraction of sp³-hybridized carbons (Fsp3) is 0.120. The first-order chi connectivity index (χ1) is 16.1. The van der Waals surface area contributed by atoms with E-state index in [1.54, 1.807) is 42.5 Å². The standard InChI is InChI=1S/C25H20ClN3O4/c26-19-7-3-1-6-18(19)24(30)29-21(11-15-13-27-20-8-4-2-5-17(15)20)25(31)28-16-9-10-22-23(12-16)33-14-32-22/h1-10,12-13,21,27H,11,14H2,(H,28,31)(H,29,30)/t21-/m0/s1. The number of nitrogens with one attached hydrogen (secondary N) is 3. The Kier molecular flexibility index (Phi) is 5.62. The van der Waals surface area contributed by atoms with Gasteiger partial charge < -0.3 is 25.1 Å². The summed E-state index contributed by atoms with van der Waals surface area (Å²) in [5.41, 5.74) is 2.72. The zero-order valence-electron chi connectivity index (χ0n) is 17.4. The van der Waals surface area contributed by atoms with Crippen LogP contribution in [0.2, 0.25) is 5.02 Å². The molecule has 7 nitrogen and oxygen atoms in total. The molecule has 0 fully saturated rings. The Hall–Kier alpha value is -3.97. The number of halogens is 1. The number of hydrogen-bond acceptors (Lipinski definition) is 4. The Morgan fingerprint density at radius 3 is 2.67 bits per heavy atom. The lowest BCUT2D eigenvalue weighted by Gasteiger charge is -2.19. The monoisotopic (exact) mass is 461 g/mol. The lowest BCUT2D eigenvalue weighted by molar-refractivity contribution is -0.118. The van der Waals surface area contributed by atoms with Crippen LogP contribution in [-0.4, -0.2) is 29.6 Å². The highest BCUT2D eigenvalue weighted by Crippen LogP contribution is 2.34. The first-order valence-electron chi connectivity index (χ1n) is 10.4. The third-order valence-corrected chi connectivity index (χ3v) is 5.81. The predicted molar refractivity (Wildman–Crippen MR) is 126 cm³/mol. The van der Waals surface area contributed by atoms with Crippen LogP contribution in [0.5, 0.6) is 11.5 Å². The molecule has 1 atom stereocenters. The number of amides is 2. The maximum atomic E-state index is 13.3. The van der Waals surface area contributed by atoms with Crippen molar-refractivity contribution in [3.05, 3.63) is 89.1 Å². The van der Waals surface area contributed by atoms with E-state index < -0.39 is 11.9 Å². The number of carbonyl (C=O) groups excluding carboxylic acids is 2. The summed E-state index contributed by atoms with van der Waals surface area (Å²) in [7, 11) is 0. The molecule has 5 rings (SSSR count). The van der Waals surface area contributed by atoms with Crippen LogP contribution in [0.4, 0.5) is 5.69 Å². The van der Waals surface area contributed by atoms with Crippen LogP contribution in [0.25, 0.3) is 10.9 Å². The highest BCUT2D eigenvalue weighted by molar-refractivity contribution is 6.33. The van der Waals surface area contributed by atoms with Gasteiger partial charge >= 0.3 is 0 Å². The van der Waals surface area contributed by atoms with Gasteiger partial charge in [-0.25, -0.2) is 0 Å². The Morgan fingerprint density at radius 2 is 1.79 bits per heavy atom. The molecule has 0 bridgehead atoms. The van der Waals surface area contributed by atoms with E-state index in [4.69, 9.17) is 21.1 Å². The first-order valence-corrected chi connectivity index (χ1v) is 10.8. The second kappa shape index (κ2) is 8.88. The number of anilines is 1. The molecule has 166 valence electrons. The van der Waals surface area contributed by atoms with Gasteiger partial charge in [0.25, 0.3) is 5.91 Å². The summed E-state index contributed by atoms with van der Waals surface area (Å²) >= 11 is 6.19. The number of aromatic nitrogens is 1. The van der Waals surface area contributed by atoms with E-state index in [-0.39, 0.29) is 19.1 Å². The molecule has 2 heterocycles. The minimum atomic E-state index is -0.849. The lowest BCUT2D eigenvalue weighted by Crippen LogP contribution is -2.45. The molecule has 0 saturated carbocycles. The number of rotatable bonds is 6. The van der Waals surface area contributed by atoms with E-state index in [9.17, 15) is 9.59 Å². The number of benzene rings is 3. The molecule has 4 aromatic rings. The second-order valence-corrected chi connectivity index (χ2v) is 8.03. The number of hydrogen-bond donors (Lipinski definition) is 3. The van der Waals surface area contributed by atoms with Crippen molar-refractivity contribution in [3.63, 3.8) is 0 Å². The molecule has 0 aliphatic carbocycles. The summed E-state index contributed by atoms with van der Waals surface area (Å²) in [5.74, 6) is 0.391. The number of aromatic amines is 1. The molecule has 1 aromatic heterocycles. The van der Waals surface area contributed by atoms with Crippen molar-refractivity contribution in [2.45, 2.75) is 12.5 Å². The van der Waals surface area contributed by atoms with Gasteiger partial charge in [0.05, 0.1) is 10.6 Å². The minimum Gasteiger partial charge on any atom is -0.454 e. The van der Waals surface area contributed by atoms with Crippen LogP contribution < -0.4 is 20.1 Å². The summed E-state index contributed by atoms with van der Waals surface area (Å²) in [5, 5.41) is 7.02. The molecule has 3 aromatic carbocycles. The molecule has 1 aliphatic heterocycles. The Labute approximate surface area is 194 Å². The number of carbonyl (C=O) groups is 2. The Morgan fingerprint density at radius 1 is 1.00 bits per heavy atom. The fourth-order valence-corrected chi connectivity index (χ4v) is 4.04. The largest absolute Gasteiger partial charge is 0.454 e. The van der Waals surface area contributed by atoms with Gasteiger partial charge in [-0.05, 0) is 35.9 Å². The van der Waals surface area contributed by atoms with Crippen LogP contribution in [-0.2, 0) is 11.2 Å². The molecule has 0 radical (unpaired) electrons. The predicted octanol–water partition coefficient (Wildman–Crippen LogP) is 4.53. The van der Waals surface area contributed by atoms with Gasteiger partial charge in [-0.15, -0.1) is 0 Å². The summed E-state index contributed by atoms with van der Waals surface area (Å²) in [6.07, 6.45) is 2.14. The molecule has 33 heavy (non-hydrogen) atoms. The Bertz CT molecular complexity index is 1350. The van der Waals surface area contributed by atoms with Crippen molar-refractivity contribution < 1.29 is 19.1 Å². The van der Waals surface area contributed by atoms with E-state index >= 15 is 0 Å². The molecule has 2 amide bonds. The highest BCUT2D eigenvalue weighted by Gasteiger charge is 2.25. The summed E-state index contributed by atoms with van der Waals surface area (Å²) < 4.78 is 10.7. The van der Waals surface area contributed by atoms with E-state index in [0.29, 0.717) is 27.8 Å². The average Bonchev–Trinajstić information content (AvgIpc) is 3.45. The van der Waals surface area contributed by atoms with Crippen LogP contribution in [0.3, 0.4) is 0 Å². The number of ether oxygens (including phenoxy) is 2. The van der Waals surface area contributed by atoms with Crippen molar-refractivity contribution in [3.8, 4) is 11.5 Å². The average molecular weight is 462 g/mol. The van der Waals surface area contributed by atoms with Crippen molar-refractivity contribution in [2.24, 2.45) is 0 Å². The topological polar surface area (TPSA) is 92.5 Å². The molecular formula is C25H20ClN3O4. The number of fused-ring (bicyclic) bond motifs is 2. The smallest absolute Gasteiger partial charge is 0.253 e.